The molecule has 9 heteroatoms. The SMILES string of the molecule is CC(=O)NCN[C-]=O.COC(=O)CN[C-]=O.[Y]. The summed E-state index contributed by atoms with van der Waals surface area (Å²) in [5.74, 6) is -0.652. The van der Waals surface area contributed by atoms with Crippen LogP contribution in [0.1, 0.15) is 6.92 Å². The zero-order valence-corrected chi connectivity index (χ0v) is 12.4. The Morgan fingerprint density at radius 2 is 1.71 bits per heavy atom. The van der Waals surface area contributed by atoms with Crippen molar-refractivity contribution in [2.75, 3.05) is 20.3 Å². The normalized spacial score (nSPS) is 7.18. The quantitative estimate of drug-likeness (QED) is 0.165. The average molecular weight is 320 g/mol. The fourth-order valence-corrected chi connectivity index (χ4v) is 0.385. The number of hydrogen-bond acceptors (Lipinski definition) is 5. The average Bonchev–Trinajstić information content (AvgIpc) is 2.26. The predicted octanol–water partition coefficient (Wildman–Crippen LogP) is -2.45. The minimum Gasteiger partial charge on any atom is -0.521 e. The van der Waals surface area contributed by atoms with Gasteiger partial charge in [-0.15, -0.1) is 0 Å². The standard InChI is InChI=1S/C4H7N2O2.C4H6NO3.Y/c1-4(8)6-2-5-3-7;1-8-4(7)2-5-3-6;/h2H2,1H3,(H,5,7)(H,6,8);2H2,1H3,(H,5,6);/q2*-1;. The van der Waals surface area contributed by atoms with E-state index < -0.39 is 5.97 Å². The van der Waals surface area contributed by atoms with Gasteiger partial charge in [0.25, 0.3) is 0 Å². The van der Waals surface area contributed by atoms with E-state index in [0.717, 1.165) is 0 Å². The van der Waals surface area contributed by atoms with Gasteiger partial charge >= 0.3 is 5.97 Å². The second kappa shape index (κ2) is 17.4. The summed E-state index contributed by atoms with van der Waals surface area (Å²) >= 11 is 0. The van der Waals surface area contributed by atoms with Gasteiger partial charge in [-0.1, -0.05) is 0 Å². The molecule has 0 aromatic rings. The van der Waals surface area contributed by atoms with Crippen LogP contribution in [0.25, 0.3) is 0 Å². The maximum Gasteiger partial charge on any atom is 0.322 e. The molecule has 0 aromatic carbocycles. The summed E-state index contributed by atoms with van der Waals surface area (Å²) in [7, 11) is 1.24. The van der Waals surface area contributed by atoms with Gasteiger partial charge < -0.3 is 30.3 Å². The van der Waals surface area contributed by atoms with Crippen LogP contribution in [-0.2, 0) is 56.6 Å². The summed E-state index contributed by atoms with van der Waals surface area (Å²) in [6.07, 6.45) is 2.74. The van der Waals surface area contributed by atoms with Crippen molar-refractivity contribution in [3.05, 3.63) is 0 Å². The fraction of sp³-hybridized carbons (Fsp3) is 0.500. The Kier molecular flexibility index (Phi) is 21.8. The third-order valence-corrected chi connectivity index (χ3v) is 1.03. The first-order valence-corrected chi connectivity index (χ1v) is 4.09. The molecule has 0 fully saturated rings. The van der Waals surface area contributed by atoms with Crippen LogP contribution < -0.4 is 16.0 Å². The Balaban J connectivity index is -0.000000218. The van der Waals surface area contributed by atoms with E-state index in [4.69, 9.17) is 0 Å². The molecule has 0 aliphatic heterocycles. The molecule has 0 spiro atoms. The predicted molar refractivity (Wildman–Crippen MR) is 53.2 cm³/mol. The van der Waals surface area contributed by atoms with Crippen molar-refractivity contribution >= 4 is 24.7 Å². The second-order valence-corrected chi connectivity index (χ2v) is 2.22. The van der Waals surface area contributed by atoms with E-state index in [9.17, 15) is 19.2 Å². The Morgan fingerprint density at radius 1 is 1.18 bits per heavy atom. The molecule has 3 amide bonds. The summed E-state index contributed by atoms with van der Waals surface area (Å²) in [6, 6.07) is 0. The zero-order chi connectivity index (χ0) is 12.8. The minimum absolute atomic E-state index is 0. The summed E-state index contributed by atoms with van der Waals surface area (Å²) < 4.78 is 4.17. The van der Waals surface area contributed by atoms with Gasteiger partial charge in [0.05, 0.1) is 20.3 Å². The van der Waals surface area contributed by atoms with Gasteiger partial charge in [0.2, 0.25) is 5.91 Å². The molecule has 0 unspecified atom stereocenters. The second-order valence-electron chi connectivity index (χ2n) is 2.22. The molecule has 8 nitrogen and oxygen atoms in total. The molecule has 0 aliphatic rings. The van der Waals surface area contributed by atoms with Crippen molar-refractivity contribution < 1.29 is 56.6 Å². The number of carbonyl (C=O) groups is 2. The summed E-state index contributed by atoms with van der Waals surface area (Å²) in [4.78, 5) is 38.9. The molecule has 17 heavy (non-hydrogen) atoms. The Morgan fingerprint density at radius 3 is 2.06 bits per heavy atom. The third-order valence-electron chi connectivity index (χ3n) is 1.03. The maximum atomic E-state index is 10.1. The Bertz CT molecular complexity index is 237. The molecule has 95 valence electrons. The minimum atomic E-state index is -0.478. The van der Waals surface area contributed by atoms with Crippen molar-refractivity contribution in [2.45, 2.75) is 6.92 Å². The number of nitrogens with one attached hydrogen (secondary N) is 3. The number of esters is 1. The molecule has 1 radical (unpaired) electrons. The molecule has 3 N–H and O–H groups in total. The van der Waals surface area contributed by atoms with Crippen LogP contribution >= 0.6 is 0 Å². The number of methoxy groups -OCH3 is 1. The number of ether oxygens (including phenoxy) is 1. The number of hydrogen-bond donors (Lipinski definition) is 3. The molecule has 0 saturated carbocycles. The number of carbonyl (C=O) groups excluding carboxylic acids is 4. The smallest absolute Gasteiger partial charge is 0.322 e. The van der Waals surface area contributed by atoms with Crippen LogP contribution in [0.5, 0.6) is 0 Å². The van der Waals surface area contributed by atoms with Crippen LogP contribution in [0.15, 0.2) is 0 Å². The van der Waals surface area contributed by atoms with Crippen molar-refractivity contribution in [2.24, 2.45) is 0 Å². The van der Waals surface area contributed by atoms with Crippen molar-refractivity contribution in [1.82, 2.24) is 16.0 Å². The number of rotatable bonds is 6. The monoisotopic (exact) mass is 320 g/mol. The third kappa shape index (κ3) is 25.3. The first-order valence-electron chi connectivity index (χ1n) is 4.09. The van der Waals surface area contributed by atoms with Gasteiger partial charge in [0.15, 0.2) is 0 Å². The van der Waals surface area contributed by atoms with E-state index in [0.29, 0.717) is 0 Å². The largest absolute Gasteiger partial charge is 0.521 e. The van der Waals surface area contributed by atoms with Crippen LogP contribution in [0, 0.1) is 0 Å². The van der Waals surface area contributed by atoms with Gasteiger partial charge in [-0.05, 0) is 0 Å². The van der Waals surface area contributed by atoms with Crippen LogP contribution in [0.2, 0.25) is 0 Å². The van der Waals surface area contributed by atoms with Crippen molar-refractivity contribution in [3.63, 3.8) is 0 Å². The van der Waals surface area contributed by atoms with E-state index in [-0.39, 0.29) is 51.8 Å². The fourth-order valence-electron chi connectivity index (χ4n) is 0.385. The van der Waals surface area contributed by atoms with Crippen molar-refractivity contribution in [3.8, 4) is 0 Å². The van der Waals surface area contributed by atoms with Gasteiger partial charge in [0, 0.05) is 39.6 Å². The van der Waals surface area contributed by atoms with Gasteiger partial charge in [-0.2, -0.15) is 12.8 Å². The van der Waals surface area contributed by atoms with E-state index in [2.05, 4.69) is 15.4 Å². The van der Waals surface area contributed by atoms with Crippen LogP contribution in [-0.4, -0.2) is 45.0 Å². The van der Waals surface area contributed by atoms with Crippen LogP contribution in [0.4, 0.5) is 0 Å². The molecule has 0 saturated heterocycles. The molecule has 0 heterocycles. The van der Waals surface area contributed by atoms with Gasteiger partial charge in [-0.3, -0.25) is 9.59 Å². The maximum absolute atomic E-state index is 10.1. The number of amides is 3. The molecule has 0 rings (SSSR count). The molecular formula is C8H13N3O5Y-2. The van der Waals surface area contributed by atoms with Gasteiger partial charge in [-0.25, -0.2) is 0 Å². The first kappa shape index (κ1) is 21.3. The summed E-state index contributed by atoms with van der Waals surface area (Å²) in [5, 5.41) is 6.49. The molecule has 0 aromatic heterocycles. The molecule has 0 atom stereocenters. The zero-order valence-electron chi connectivity index (χ0n) is 9.53. The Hall–Kier alpha value is -1.02. The van der Waals surface area contributed by atoms with E-state index in [1.54, 1.807) is 0 Å². The van der Waals surface area contributed by atoms with E-state index in [1.165, 1.54) is 26.9 Å². The first-order chi connectivity index (χ1) is 7.58. The van der Waals surface area contributed by atoms with Gasteiger partial charge in [0.1, 0.15) is 0 Å². The van der Waals surface area contributed by atoms with Crippen molar-refractivity contribution in [1.29, 1.82) is 0 Å². The molecular weight excluding hydrogens is 307 g/mol. The topological polar surface area (TPSA) is 114 Å². The molecule has 0 aliphatic carbocycles. The Labute approximate surface area is 124 Å². The molecule has 0 bridgehead atoms. The van der Waals surface area contributed by atoms with E-state index in [1.807, 2.05) is 5.32 Å². The summed E-state index contributed by atoms with van der Waals surface area (Å²) in [6.45, 7) is 1.41. The van der Waals surface area contributed by atoms with Crippen LogP contribution in [0.3, 0.4) is 0 Å². The van der Waals surface area contributed by atoms with E-state index >= 15 is 0 Å². The summed E-state index contributed by atoms with van der Waals surface area (Å²) in [5.41, 5.74) is 0.